The van der Waals surface area contributed by atoms with Crippen molar-refractivity contribution in [2.75, 3.05) is 5.32 Å². The molecule has 0 bridgehead atoms. The molecule has 3 amide bonds. The van der Waals surface area contributed by atoms with Crippen LogP contribution in [0.3, 0.4) is 0 Å². The summed E-state index contributed by atoms with van der Waals surface area (Å²) in [7, 11) is 0. The standard InChI is InChI=1S/C16H16N6O3/c1-10(21-22-16(25)13-9-18-6-7-19-13)8-14(23)20-12-4-2-11(3-5-12)15(17)24/h2-7,9H,8H2,1H3,(H2,17,24)(H,20,23)(H,22,25)/b21-10+. The van der Waals surface area contributed by atoms with Gasteiger partial charge in [-0.1, -0.05) is 0 Å². The van der Waals surface area contributed by atoms with Crippen molar-refractivity contribution in [3.05, 3.63) is 54.1 Å². The molecule has 0 aliphatic carbocycles. The summed E-state index contributed by atoms with van der Waals surface area (Å²) in [5.41, 5.74) is 8.85. The number of primary amides is 1. The van der Waals surface area contributed by atoms with Crippen LogP contribution in [-0.2, 0) is 4.79 Å². The Labute approximate surface area is 143 Å². The number of amides is 3. The second-order valence-corrected chi connectivity index (χ2v) is 5.05. The van der Waals surface area contributed by atoms with Crippen LogP contribution in [0.25, 0.3) is 0 Å². The molecule has 0 fully saturated rings. The van der Waals surface area contributed by atoms with Crippen molar-refractivity contribution < 1.29 is 14.4 Å². The van der Waals surface area contributed by atoms with Gasteiger partial charge in [0, 0.05) is 29.4 Å². The Kier molecular flexibility index (Phi) is 5.88. The van der Waals surface area contributed by atoms with Gasteiger partial charge >= 0.3 is 0 Å². The fraction of sp³-hybridized carbons (Fsp3) is 0.125. The SMILES string of the molecule is C/C(CC(=O)Nc1ccc(C(N)=O)cc1)=N\NC(=O)c1cnccn1. The van der Waals surface area contributed by atoms with Crippen molar-refractivity contribution >= 4 is 29.1 Å². The van der Waals surface area contributed by atoms with E-state index in [1.54, 1.807) is 19.1 Å². The predicted octanol–water partition coefficient (Wildman–Crippen LogP) is 0.710. The molecule has 9 nitrogen and oxygen atoms in total. The van der Waals surface area contributed by atoms with E-state index in [-0.39, 0.29) is 18.0 Å². The van der Waals surface area contributed by atoms with Gasteiger partial charge in [0.1, 0.15) is 5.69 Å². The number of nitrogens with two attached hydrogens (primary N) is 1. The van der Waals surface area contributed by atoms with Gasteiger partial charge in [-0.15, -0.1) is 0 Å². The first-order valence-electron chi connectivity index (χ1n) is 7.25. The highest BCUT2D eigenvalue weighted by atomic mass is 16.2. The van der Waals surface area contributed by atoms with Crippen LogP contribution in [0.2, 0.25) is 0 Å². The molecule has 0 saturated heterocycles. The lowest BCUT2D eigenvalue weighted by Crippen LogP contribution is -2.22. The number of carbonyl (C=O) groups excluding carboxylic acids is 3. The summed E-state index contributed by atoms with van der Waals surface area (Å²) < 4.78 is 0. The number of rotatable bonds is 6. The van der Waals surface area contributed by atoms with E-state index < -0.39 is 11.8 Å². The normalized spacial score (nSPS) is 10.8. The van der Waals surface area contributed by atoms with Gasteiger partial charge in [0.25, 0.3) is 5.91 Å². The monoisotopic (exact) mass is 340 g/mol. The quantitative estimate of drug-likeness (QED) is 0.525. The highest BCUT2D eigenvalue weighted by molar-refractivity contribution is 6.06. The molecule has 0 atom stereocenters. The van der Waals surface area contributed by atoms with E-state index in [1.165, 1.54) is 30.7 Å². The molecule has 0 radical (unpaired) electrons. The topological polar surface area (TPSA) is 139 Å². The van der Waals surface area contributed by atoms with E-state index in [2.05, 4.69) is 25.8 Å². The molecular formula is C16H16N6O3. The molecule has 128 valence electrons. The number of carbonyl (C=O) groups is 3. The zero-order valence-corrected chi connectivity index (χ0v) is 13.4. The third-order valence-electron chi connectivity index (χ3n) is 3.01. The fourth-order valence-electron chi connectivity index (χ4n) is 1.81. The molecule has 1 aromatic heterocycles. The van der Waals surface area contributed by atoms with Crippen LogP contribution in [0.1, 0.15) is 34.2 Å². The minimum absolute atomic E-state index is 0.0156. The summed E-state index contributed by atoms with van der Waals surface area (Å²) in [6, 6.07) is 6.17. The third kappa shape index (κ3) is 5.50. The first-order chi connectivity index (χ1) is 12.0. The minimum atomic E-state index is -0.542. The van der Waals surface area contributed by atoms with E-state index in [9.17, 15) is 14.4 Å². The van der Waals surface area contributed by atoms with Gasteiger partial charge in [-0.2, -0.15) is 5.10 Å². The Bertz CT molecular complexity index is 802. The number of hydrogen-bond acceptors (Lipinski definition) is 6. The van der Waals surface area contributed by atoms with Crippen LogP contribution >= 0.6 is 0 Å². The van der Waals surface area contributed by atoms with Gasteiger partial charge in [-0.3, -0.25) is 19.4 Å². The molecule has 0 aliphatic rings. The molecule has 25 heavy (non-hydrogen) atoms. The Balaban J connectivity index is 1.86. The minimum Gasteiger partial charge on any atom is -0.366 e. The maximum Gasteiger partial charge on any atom is 0.291 e. The van der Waals surface area contributed by atoms with Crippen LogP contribution in [0.4, 0.5) is 5.69 Å². The van der Waals surface area contributed by atoms with Crippen molar-refractivity contribution in [3.8, 4) is 0 Å². The molecule has 4 N–H and O–H groups in total. The molecule has 1 aromatic carbocycles. The van der Waals surface area contributed by atoms with E-state index >= 15 is 0 Å². The lowest BCUT2D eigenvalue weighted by Gasteiger charge is -2.06. The lowest BCUT2D eigenvalue weighted by molar-refractivity contribution is -0.115. The maximum absolute atomic E-state index is 11.9. The predicted molar refractivity (Wildman–Crippen MR) is 90.8 cm³/mol. The Hall–Kier alpha value is -3.62. The summed E-state index contributed by atoms with van der Waals surface area (Å²) in [6.45, 7) is 1.60. The molecular weight excluding hydrogens is 324 g/mol. The van der Waals surface area contributed by atoms with E-state index in [0.29, 0.717) is 17.0 Å². The summed E-state index contributed by atoms with van der Waals surface area (Å²) in [5, 5.41) is 6.50. The zero-order valence-electron chi connectivity index (χ0n) is 13.4. The van der Waals surface area contributed by atoms with Gasteiger partial charge < -0.3 is 11.1 Å². The molecule has 0 aliphatic heterocycles. The van der Waals surface area contributed by atoms with Crippen LogP contribution in [-0.4, -0.2) is 33.4 Å². The number of anilines is 1. The molecule has 2 aromatic rings. The average molecular weight is 340 g/mol. The first kappa shape index (κ1) is 17.7. The van der Waals surface area contributed by atoms with Gasteiger partial charge in [-0.25, -0.2) is 10.4 Å². The van der Waals surface area contributed by atoms with Crippen LogP contribution in [0.15, 0.2) is 48.0 Å². The maximum atomic E-state index is 11.9. The first-order valence-corrected chi connectivity index (χ1v) is 7.25. The second-order valence-electron chi connectivity index (χ2n) is 5.05. The summed E-state index contributed by atoms with van der Waals surface area (Å²) in [6.07, 6.45) is 4.13. The Morgan fingerprint density at radius 1 is 1.16 bits per heavy atom. The van der Waals surface area contributed by atoms with E-state index in [4.69, 9.17) is 5.73 Å². The van der Waals surface area contributed by atoms with Gasteiger partial charge in [0.05, 0.1) is 12.6 Å². The summed E-state index contributed by atoms with van der Waals surface area (Å²) in [4.78, 5) is 42.3. The zero-order chi connectivity index (χ0) is 18.2. The molecule has 1 heterocycles. The number of nitrogens with one attached hydrogen (secondary N) is 2. The van der Waals surface area contributed by atoms with Crippen molar-refractivity contribution in [1.29, 1.82) is 0 Å². The molecule has 0 unspecified atom stereocenters. The highest BCUT2D eigenvalue weighted by Gasteiger charge is 2.08. The average Bonchev–Trinajstić information content (AvgIpc) is 2.60. The summed E-state index contributed by atoms with van der Waals surface area (Å²) in [5.74, 6) is -1.38. The number of benzene rings is 1. The van der Waals surface area contributed by atoms with Gasteiger partial charge in [-0.05, 0) is 31.2 Å². The van der Waals surface area contributed by atoms with Crippen molar-refractivity contribution in [3.63, 3.8) is 0 Å². The number of hydrogen-bond donors (Lipinski definition) is 3. The van der Waals surface area contributed by atoms with Crippen molar-refractivity contribution in [1.82, 2.24) is 15.4 Å². The van der Waals surface area contributed by atoms with Gasteiger partial charge in [0.2, 0.25) is 11.8 Å². The molecule has 0 saturated carbocycles. The highest BCUT2D eigenvalue weighted by Crippen LogP contribution is 2.09. The number of aromatic nitrogens is 2. The van der Waals surface area contributed by atoms with E-state index in [1.807, 2.05) is 0 Å². The van der Waals surface area contributed by atoms with E-state index in [0.717, 1.165) is 0 Å². The Morgan fingerprint density at radius 3 is 2.48 bits per heavy atom. The molecule has 2 rings (SSSR count). The summed E-state index contributed by atoms with van der Waals surface area (Å²) >= 11 is 0. The van der Waals surface area contributed by atoms with Crippen LogP contribution in [0, 0.1) is 0 Å². The third-order valence-corrected chi connectivity index (χ3v) is 3.01. The number of hydrazone groups is 1. The lowest BCUT2D eigenvalue weighted by atomic mass is 10.2. The molecule has 9 heteroatoms. The van der Waals surface area contributed by atoms with Crippen molar-refractivity contribution in [2.45, 2.75) is 13.3 Å². The largest absolute Gasteiger partial charge is 0.366 e. The van der Waals surface area contributed by atoms with Crippen molar-refractivity contribution in [2.24, 2.45) is 10.8 Å². The fourth-order valence-corrected chi connectivity index (χ4v) is 1.81. The second kappa shape index (κ2) is 8.29. The number of nitrogens with zero attached hydrogens (tertiary/aromatic N) is 3. The molecule has 0 spiro atoms. The van der Waals surface area contributed by atoms with Crippen LogP contribution in [0.5, 0.6) is 0 Å². The Morgan fingerprint density at radius 2 is 1.88 bits per heavy atom. The van der Waals surface area contributed by atoms with Crippen LogP contribution < -0.4 is 16.5 Å². The van der Waals surface area contributed by atoms with Gasteiger partial charge in [0.15, 0.2) is 0 Å². The smallest absolute Gasteiger partial charge is 0.291 e.